The Labute approximate surface area is 102 Å². The maximum atomic E-state index is 9.36. The average Bonchev–Trinajstić information content (AvgIpc) is 1.75. The van der Waals surface area contributed by atoms with E-state index in [2.05, 4.69) is 4.67 Å². The molecule has 0 N–H and O–H groups in total. The third-order valence-corrected chi connectivity index (χ3v) is 0.341. The molecular weight excluding hydrogens is 427 g/mol. The van der Waals surface area contributed by atoms with E-state index < -0.39 is 9.14 Å². The maximum absolute atomic E-state index is 9.36. The Kier molecular flexibility index (Phi) is 6.69. The Hall–Kier alpha value is 1.52. The average molecular weight is 434 g/mol. The monoisotopic (exact) mass is 430 g/mol. The normalized spacial score (nSPS) is 14.6. The Morgan fingerprint density at radius 3 is 1.50 bits per heavy atom. The summed E-state index contributed by atoms with van der Waals surface area (Å²) in [4.78, 5) is 11.0. The van der Waals surface area contributed by atoms with Crippen molar-refractivity contribution < 1.29 is 4.79 Å². The topological polar surface area (TPSA) is 34.4 Å². The first-order valence-electron chi connectivity index (χ1n) is 2.85. The fourth-order valence-corrected chi connectivity index (χ4v) is 0.139. The van der Waals surface area contributed by atoms with Crippen LogP contribution in [-0.4, -0.2) is 40.6 Å². The summed E-state index contributed by atoms with van der Waals surface area (Å²) in [6.45, 7) is 0. The molecule has 0 rings (SSSR count). The third kappa shape index (κ3) is 69.6. The number of carbonyl (C=O) groups excluding carboxylic acids is 1. The molecule has 0 aliphatic heterocycles. The number of nitrogens with zero attached hydrogens (tertiary/aromatic N) is 2. The summed E-state index contributed by atoms with van der Waals surface area (Å²) >= 11 is 0. The van der Waals surface area contributed by atoms with Crippen LogP contribution >= 0.6 is 53.0 Å². The van der Waals surface area contributed by atoms with E-state index in [0.29, 0.717) is 0 Å². The van der Waals surface area contributed by atoms with E-state index in [1.54, 1.807) is 19.0 Å². The second-order valence-corrected chi connectivity index (χ2v) is 59.2. The van der Waals surface area contributed by atoms with Crippen molar-refractivity contribution in [3.63, 3.8) is 0 Å². The Bertz CT molecular complexity index is 256. The van der Waals surface area contributed by atoms with Gasteiger partial charge < -0.3 is 0 Å². The molecule has 0 amide bonds. The van der Waals surface area contributed by atoms with Crippen LogP contribution in [0, 0.1) is 0 Å². The van der Waals surface area contributed by atoms with Gasteiger partial charge in [-0.1, -0.05) is 0 Å². The van der Waals surface area contributed by atoms with Crippen LogP contribution in [0.5, 0.6) is 0 Å². The van der Waals surface area contributed by atoms with Gasteiger partial charge in [-0.05, 0) is 0 Å². The number of hydrogen-bond donors (Lipinski definition) is 0. The van der Waals surface area contributed by atoms with Gasteiger partial charge in [0.25, 0.3) is 0 Å². The molecule has 0 heterocycles. The minimum atomic E-state index is -5.42. The first-order chi connectivity index (χ1) is 5.72. The summed E-state index contributed by atoms with van der Waals surface area (Å²) in [5.41, 5.74) is 0. The molecule has 0 aliphatic rings. The van der Waals surface area contributed by atoms with Crippen LogP contribution in [0.3, 0.4) is 0 Å². The molecule has 0 aromatic rings. The van der Waals surface area contributed by atoms with Gasteiger partial charge in [-0.3, -0.25) is 4.90 Å². The van der Waals surface area contributed by atoms with Gasteiger partial charge in [0.2, 0.25) is 0 Å². The van der Waals surface area contributed by atoms with Crippen molar-refractivity contribution >= 4 is 74.5 Å². The van der Waals surface area contributed by atoms with Gasteiger partial charge in [0.05, 0.1) is 14.1 Å². The standard InChI is InChI=1S/C4H7N2O.6ClH.Sb/c1-6(2)3-5-4-7;;;;;;;/h3H,1-2H3;6*1H;/q+1;;;;;;;+5/p-6. The predicted octanol–water partition coefficient (Wildman–Crippen LogP) is 2.74. The van der Waals surface area contributed by atoms with E-state index in [1.807, 2.05) is 0 Å². The quantitative estimate of drug-likeness (QED) is 0.210. The van der Waals surface area contributed by atoms with E-state index in [1.165, 1.54) is 12.4 Å². The number of isocyanates is 1. The molecule has 10 heteroatoms. The second-order valence-electron chi connectivity index (χ2n) is 2.26. The molecule has 0 aromatic carbocycles. The van der Waals surface area contributed by atoms with E-state index in [4.69, 9.17) is 53.0 Å². The van der Waals surface area contributed by atoms with Crippen molar-refractivity contribution in [1.82, 2.24) is 9.57 Å². The van der Waals surface area contributed by atoms with E-state index >= 15 is 0 Å². The first-order valence-corrected chi connectivity index (χ1v) is 22.2. The molecule has 0 radical (unpaired) electrons. The number of rotatable bonds is 1. The predicted molar refractivity (Wildman–Crippen MR) is 68.5 cm³/mol. The SMILES string of the molecule is CN(C)C=[N+]=C=O.[Cl][Sb-]([Cl])([Cl])([Cl])([Cl])[Cl]. The molecule has 3 nitrogen and oxygen atoms in total. The minimum absolute atomic E-state index is 1.38. The van der Waals surface area contributed by atoms with E-state index in [0.717, 1.165) is 0 Å². The van der Waals surface area contributed by atoms with Gasteiger partial charge in [0, 0.05) is 0 Å². The zero-order valence-corrected chi connectivity index (χ0v) is 14.2. The third-order valence-electron chi connectivity index (χ3n) is 0.341. The van der Waals surface area contributed by atoms with Crippen molar-refractivity contribution in [1.29, 1.82) is 0 Å². The number of hydrogen-bond acceptors (Lipinski definition) is 1. The summed E-state index contributed by atoms with van der Waals surface area (Å²) < 4.78 is 3.17. The van der Waals surface area contributed by atoms with Crippen molar-refractivity contribution in [3.8, 4) is 0 Å². The van der Waals surface area contributed by atoms with Gasteiger partial charge >= 0.3 is 74.5 Å². The first kappa shape index (κ1) is 17.9. The van der Waals surface area contributed by atoms with Gasteiger partial charge in [-0.15, -0.1) is 4.67 Å². The molecule has 0 spiro atoms. The molecule has 0 saturated carbocycles. The zero-order chi connectivity index (χ0) is 12.1. The summed E-state index contributed by atoms with van der Waals surface area (Å²) in [7, 11) is 28.5. The van der Waals surface area contributed by atoms with Gasteiger partial charge in [-0.25, -0.2) is 0 Å². The van der Waals surface area contributed by atoms with Gasteiger partial charge in [-0.2, -0.15) is 4.79 Å². The van der Waals surface area contributed by atoms with Crippen LogP contribution in [0.25, 0.3) is 0 Å². The summed E-state index contributed by atoms with van der Waals surface area (Å²) in [5, 5.41) is 0. The van der Waals surface area contributed by atoms with Crippen LogP contribution in [0.4, 0.5) is 0 Å². The Balaban J connectivity index is 0. The molecule has 0 aromatic heterocycles. The van der Waals surface area contributed by atoms with Crippen molar-refractivity contribution in [2.45, 2.75) is 0 Å². The fraction of sp³-hybridized carbons (Fsp3) is 0.500. The molecule has 0 fully saturated rings. The molecule has 86 valence electrons. The zero-order valence-electron chi connectivity index (χ0n) is 7.10. The molecule has 0 atom stereocenters. The van der Waals surface area contributed by atoms with Crippen LogP contribution in [0.1, 0.15) is 0 Å². The van der Waals surface area contributed by atoms with Gasteiger partial charge in [0.15, 0.2) is 0 Å². The molecule has 14 heavy (non-hydrogen) atoms. The van der Waals surface area contributed by atoms with Crippen LogP contribution in [-0.2, 0) is 4.79 Å². The fourth-order valence-electron chi connectivity index (χ4n) is 0.139. The van der Waals surface area contributed by atoms with E-state index in [9.17, 15) is 4.79 Å². The molecule has 0 bridgehead atoms. The van der Waals surface area contributed by atoms with Crippen LogP contribution in [0.15, 0.2) is 0 Å². The van der Waals surface area contributed by atoms with Gasteiger partial charge in [0.1, 0.15) is 0 Å². The summed E-state index contributed by atoms with van der Waals surface area (Å²) in [6, 6.07) is 0. The summed E-state index contributed by atoms with van der Waals surface area (Å²) in [6.07, 6.45) is 2.76. The van der Waals surface area contributed by atoms with Crippen LogP contribution in [0.2, 0.25) is 0 Å². The van der Waals surface area contributed by atoms with Crippen molar-refractivity contribution in [2.75, 3.05) is 14.1 Å². The van der Waals surface area contributed by atoms with E-state index in [-0.39, 0.29) is 0 Å². The molecule has 0 saturated heterocycles. The van der Waals surface area contributed by atoms with Crippen molar-refractivity contribution in [2.24, 2.45) is 0 Å². The number of halogens is 6. The summed E-state index contributed by atoms with van der Waals surface area (Å²) in [5.74, 6) is 0. The molecule has 0 aliphatic carbocycles. The molecular formula is C4H7Cl6N2OSb. The Morgan fingerprint density at radius 1 is 1.14 bits per heavy atom. The Morgan fingerprint density at radius 2 is 1.43 bits per heavy atom. The van der Waals surface area contributed by atoms with Crippen molar-refractivity contribution in [3.05, 3.63) is 0 Å². The molecule has 0 unspecified atom stereocenters. The van der Waals surface area contributed by atoms with Crippen LogP contribution < -0.4 is 4.67 Å². The second kappa shape index (κ2) is 5.23.